The summed E-state index contributed by atoms with van der Waals surface area (Å²) in [6, 6.07) is -0.198. The van der Waals surface area contributed by atoms with Gasteiger partial charge in [-0.1, -0.05) is 32.4 Å². The van der Waals surface area contributed by atoms with Gasteiger partial charge in [-0.2, -0.15) is 0 Å². The zero-order chi connectivity index (χ0) is 13.0. The predicted octanol–water partition coefficient (Wildman–Crippen LogP) is 2.08. The minimum atomic E-state index is -0.240. The fourth-order valence-electron chi connectivity index (χ4n) is 2.80. The Morgan fingerprint density at radius 2 is 2.24 bits per heavy atom. The van der Waals surface area contributed by atoms with E-state index in [1.807, 2.05) is 13.8 Å². The van der Waals surface area contributed by atoms with Crippen LogP contribution >= 0.6 is 0 Å². The van der Waals surface area contributed by atoms with Crippen molar-refractivity contribution in [3.05, 3.63) is 11.6 Å². The molecule has 0 saturated heterocycles. The van der Waals surface area contributed by atoms with Crippen molar-refractivity contribution in [2.24, 2.45) is 23.5 Å². The van der Waals surface area contributed by atoms with Crippen molar-refractivity contribution in [1.29, 1.82) is 0 Å². The number of nitrogens with one attached hydrogen (secondary N) is 1. The summed E-state index contributed by atoms with van der Waals surface area (Å²) < 4.78 is 0. The second-order valence-corrected chi connectivity index (χ2v) is 5.83. The van der Waals surface area contributed by atoms with Crippen molar-refractivity contribution in [2.45, 2.75) is 46.6 Å². The molecular formula is C14H26N2O. The highest BCUT2D eigenvalue weighted by Gasteiger charge is 2.22. The van der Waals surface area contributed by atoms with E-state index in [0.29, 0.717) is 11.8 Å². The Balaban J connectivity index is 2.45. The first-order valence-electron chi connectivity index (χ1n) is 6.60. The summed E-state index contributed by atoms with van der Waals surface area (Å²) in [5.74, 6) is 1.30. The predicted molar refractivity (Wildman–Crippen MR) is 71.5 cm³/mol. The van der Waals surface area contributed by atoms with E-state index >= 15 is 0 Å². The van der Waals surface area contributed by atoms with Gasteiger partial charge in [0.15, 0.2) is 0 Å². The van der Waals surface area contributed by atoms with Gasteiger partial charge in [-0.25, -0.2) is 0 Å². The molecule has 0 heterocycles. The van der Waals surface area contributed by atoms with Crippen molar-refractivity contribution in [2.75, 3.05) is 6.54 Å². The standard InChI is InChI=1S/C14H26N2O/c1-9(2)13(14(15)17)16-8-12-6-10(3)5-11(4)7-12/h5,9-10,12-13,16H,6-8H2,1-4H3,(H2,15,17). The molecule has 17 heavy (non-hydrogen) atoms. The van der Waals surface area contributed by atoms with Crippen LogP contribution < -0.4 is 11.1 Å². The Morgan fingerprint density at radius 3 is 2.71 bits per heavy atom. The molecule has 3 nitrogen and oxygen atoms in total. The highest BCUT2D eigenvalue weighted by molar-refractivity contribution is 5.80. The molecule has 0 spiro atoms. The summed E-state index contributed by atoms with van der Waals surface area (Å²) in [5.41, 5.74) is 6.86. The molecule has 0 radical (unpaired) electrons. The van der Waals surface area contributed by atoms with E-state index < -0.39 is 0 Å². The summed E-state index contributed by atoms with van der Waals surface area (Å²) in [7, 11) is 0. The molecule has 1 aliphatic carbocycles. The summed E-state index contributed by atoms with van der Waals surface area (Å²) in [4.78, 5) is 11.3. The lowest BCUT2D eigenvalue weighted by Crippen LogP contribution is -2.46. The number of hydrogen-bond acceptors (Lipinski definition) is 2. The lowest BCUT2D eigenvalue weighted by Gasteiger charge is -2.28. The maximum Gasteiger partial charge on any atom is 0.234 e. The molecule has 3 unspecified atom stereocenters. The number of amides is 1. The van der Waals surface area contributed by atoms with Crippen LogP contribution in [-0.2, 0) is 4.79 Å². The van der Waals surface area contributed by atoms with E-state index in [0.717, 1.165) is 13.0 Å². The molecule has 0 fully saturated rings. The van der Waals surface area contributed by atoms with Gasteiger partial charge in [-0.15, -0.1) is 0 Å². The van der Waals surface area contributed by atoms with Crippen LogP contribution in [0.25, 0.3) is 0 Å². The van der Waals surface area contributed by atoms with Crippen LogP contribution in [0.4, 0.5) is 0 Å². The van der Waals surface area contributed by atoms with Crippen LogP contribution in [0.1, 0.15) is 40.5 Å². The Labute approximate surface area is 105 Å². The highest BCUT2D eigenvalue weighted by Crippen LogP contribution is 2.27. The molecule has 1 aliphatic rings. The van der Waals surface area contributed by atoms with E-state index in [1.165, 1.54) is 12.0 Å². The van der Waals surface area contributed by atoms with Crippen molar-refractivity contribution in [3.63, 3.8) is 0 Å². The van der Waals surface area contributed by atoms with Gasteiger partial charge in [0.2, 0.25) is 5.91 Å². The van der Waals surface area contributed by atoms with E-state index in [1.54, 1.807) is 0 Å². The van der Waals surface area contributed by atoms with Crippen LogP contribution in [0.15, 0.2) is 11.6 Å². The largest absolute Gasteiger partial charge is 0.368 e. The number of carbonyl (C=O) groups is 1. The topological polar surface area (TPSA) is 55.1 Å². The molecule has 0 aromatic carbocycles. The fraction of sp³-hybridized carbons (Fsp3) is 0.786. The Kier molecular flexibility index (Phi) is 5.19. The first-order valence-corrected chi connectivity index (χ1v) is 6.60. The normalized spacial score (nSPS) is 26.8. The van der Waals surface area contributed by atoms with Gasteiger partial charge < -0.3 is 11.1 Å². The number of allylic oxidation sites excluding steroid dienone is 2. The average Bonchev–Trinajstić information content (AvgIpc) is 2.14. The van der Waals surface area contributed by atoms with Crippen LogP contribution in [0.5, 0.6) is 0 Å². The minimum absolute atomic E-state index is 0.198. The summed E-state index contributed by atoms with van der Waals surface area (Å²) >= 11 is 0. The number of hydrogen-bond donors (Lipinski definition) is 2. The summed E-state index contributed by atoms with van der Waals surface area (Å²) in [6.07, 6.45) is 4.69. The van der Waals surface area contributed by atoms with E-state index in [4.69, 9.17) is 5.73 Å². The third-order valence-electron chi connectivity index (χ3n) is 3.48. The Hall–Kier alpha value is -0.830. The Morgan fingerprint density at radius 1 is 1.59 bits per heavy atom. The number of primary amides is 1. The molecule has 1 amide bonds. The van der Waals surface area contributed by atoms with Gasteiger partial charge in [0, 0.05) is 0 Å². The molecule has 3 atom stereocenters. The van der Waals surface area contributed by atoms with E-state index in [9.17, 15) is 4.79 Å². The van der Waals surface area contributed by atoms with Crippen LogP contribution in [0, 0.1) is 17.8 Å². The third kappa shape index (κ3) is 4.50. The quantitative estimate of drug-likeness (QED) is 0.720. The molecule has 98 valence electrons. The fourth-order valence-corrected chi connectivity index (χ4v) is 2.80. The molecule has 0 aromatic heterocycles. The molecule has 0 bridgehead atoms. The lowest BCUT2D eigenvalue weighted by atomic mass is 9.83. The third-order valence-corrected chi connectivity index (χ3v) is 3.48. The second-order valence-electron chi connectivity index (χ2n) is 5.83. The molecule has 3 heteroatoms. The first-order chi connectivity index (χ1) is 7.90. The van der Waals surface area contributed by atoms with Crippen LogP contribution in [-0.4, -0.2) is 18.5 Å². The molecule has 0 aromatic rings. The molecule has 3 N–H and O–H groups in total. The minimum Gasteiger partial charge on any atom is -0.368 e. The number of nitrogens with two attached hydrogens (primary N) is 1. The smallest absolute Gasteiger partial charge is 0.234 e. The van der Waals surface area contributed by atoms with Gasteiger partial charge in [-0.3, -0.25) is 4.79 Å². The molecule has 0 saturated carbocycles. The van der Waals surface area contributed by atoms with Gasteiger partial charge in [0.05, 0.1) is 6.04 Å². The zero-order valence-corrected chi connectivity index (χ0v) is 11.5. The Bertz CT molecular complexity index is 297. The van der Waals surface area contributed by atoms with Crippen molar-refractivity contribution >= 4 is 5.91 Å². The van der Waals surface area contributed by atoms with Crippen molar-refractivity contribution in [3.8, 4) is 0 Å². The van der Waals surface area contributed by atoms with Crippen molar-refractivity contribution < 1.29 is 4.79 Å². The van der Waals surface area contributed by atoms with Gasteiger partial charge in [0.1, 0.15) is 0 Å². The molecular weight excluding hydrogens is 212 g/mol. The van der Waals surface area contributed by atoms with Crippen LogP contribution in [0.2, 0.25) is 0 Å². The lowest BCUT2D eigenvalue weighted by molar-refractivity contribution is -0.121. The molecule has 0 aliphatic heterocycles. The average molecular weight is 238 g/mol. The second kappa shape index (κ2) is 6.20. The monoisotopic (exact) mass is 238 g/mol. The maximum absolute atomic E-state index is 11.3. The highest BCUT2D eigenvalue weighted by atomic mass is 16.1. The maximum atomic E-state index is 11.3. The molecule has 1 rings (SSSR count). The van der Waals surface area contributed by atoms with Crippen LogP contribution in [0.3, 0.4) is 0 Å². The SMILES string of the molecule is CC1=CC(C)CC(CNC(C(N)=O)C(C)C)C1. The van der Waals surface area contributed by atoms with E-state index in [2.05, 4.69) is 25.2 Å². The van der Waals surface area contributed by atoms with Gasteiger partial charge >= 0.3 is 0 Å². The van der Waals surface area contributed by atoms with Gasteiger partial charge in [-0.05, 0) is 44.1 Å². The zero-order valence-electron chi connectivity index (χ0n) is 11.5. The number of rotatable bonds is 5. The summed E-state index contributed by atoms with van der Waals surface area (Å²) in [6.45, 7) is 9.38. The van der Waals surface area contributed by atoms with Crippen molar-refractivity contribution in [1.82, 2.24) is 5.32 Å². The summed E-state index contributed by atoms with van der Waals surface area (Å²) in [5, 5.41) is 3.33. The van der Waals surface area contributed by atoms with E-state index in [-0.39, 0.29) is 17.9 Å². The van der Waals surface area contributed by atoms with Gasteiger partial charge in [0.25, 0.3) is 0 Å². The number of carbonyl (C=O) groups excluding carboxylic acids is 1. The first kappa shape index (κ1) is 14.2.